The van der Waals surface area contributed by atoms with E-state index in [4.69, 9.17) is 4.52 Å². The molecule has 3 aromatic rings. The quantitative estimate of drug-likeness (QED) is 0.705. The topological polar surface area (TPSA) is 97.3 Å². The fourth-order valence-corrected chi connectivity index (χ4v) is 5.29. The van der Waals surface area contributed by atoms with Crippen LogP contribution in [0.2, 0.25) is 0 Å². The number of fused-ring (bicyclic) bond motifs is 1. The van der Waals surface area contributed by atoms with Gasteiger partial charge >= 0.3 is 0 Å². The van der Waals surface area contributed by atoms with Crippen LogP contribution in [-0.2, 0) is 11.2 Å². The van der Waals surface area contributed by atoms with Gasteiger partial charge in [0.1, 0.15) is 11.5 Å². The normalized spacial score (nSPS) is 26.6. The van der Waals surface area contributed by atoms with Crippen LogP contribution in [-0.4, -0.2) is 55.3 Å². The summed E-state index contributed by atoms with van der Waals surface area (Å²) in [5.41, 5.74) is 2.65. The fourth-order valence-electron chi connectivity index (χ4n) is 4.64. The Morgan fingerprint density at radius 2 is 2.17 bits per heavy atom. The van der Waals surface area contributed by atoms with Gasteiger partial charge in [-0.05, 0) is 43.0 Å². The van der Waals surface area contributed by atoms with E-state index >= 15 is 0 Å². The Bertz CT molecular complexity index is 998. The van der Waals surface area contributed by atoms with Gasteiger partial charge in [0.25, 0.3) is 0 Å². The van der Waals surface area contributed by atoms with E-state index in [0.717, 1.165) is 23.4 Å². The van der Waals surface area contributed by atoms with Crippen molar-refractivity contribution >= 4 is 17.2 Å². The average Bonchev–Trinajstić information content (AvgIpc) is 3.47. The van der Waals surface area contributed by atoms with Crippen LogP contribution in [0.5, 0.6) is 0 Å². The SMILES string of the molecule is Cc1cc(CC(=O)N2C[C@H]3C[C@@H](n4cc(-c5ccsc5)nn4)[C@H](O)C[C@H]3C2)on1. The molecule has 1 saturated carbocycles. The lowest BCUT2D eigenvalue weighted by Gasteiger charge is -2.34. The Morgan fingerprint density at radius 3 is 2.90 bits per heavy atom. The highest BCUT2D eigenvalue weighted by Crippen LogP contribution is 2.41. The summed E-state index contributed by atoms with van der Waals surface area (Å²) in [6.07, 6.45) is 3.14. The second-order valence-electron chi connectivity index (χ2n) is 8.13. The number of rotatable bonds is 4. The number of likely N-dealkylation sites (tertiary alicyclic amines) is 1. The van der Waals surface area contributed by atoms with Crippen molar-refractivity contribution < 1.29 is 14.4 Å². The van der Waals surface area contributed by atoms with Gasteiger partial charge < -0.3 is 14.5 Å². The number of aromatic nitrogens is 4. The number of hydrogen-bond acceptors (Lipinski definition) is 7. The Labute approximate surface area is 172 Å². The monoisotopic (exact) mass is 413 g/mol. The number of thiophene rings is 1. The van der Waals surface area contributed by atoms with Gasteiger partial charge in [-0.1, -0.05) is 10.4 Å². The summed E-state index contributed by atoms with van der Waals surface area (Å²) < 4.78 is 6.98. The fraction of sp³-hybridized carbons (Fsp3) is 0.500. The van der Waals surface area contributed by atoms with Crippen LogP contribution in [0, 0.1) is 18.8 Å². The predicted molar refractivity (Wildman–Crippen MR) is 106 cm³/mol. The molecule has 1 saturated heterocycles. The van der Waals surface area contributed by atoms with Gasteiger partial charge in [-0.3, -0.25) is 4.79 Å². The predicted octanol–water partition coefficient (Wildman–Crippen LogP) is 2.32. The van der Waals surface area contributed by atoms with Gasteiger partial charge in [-0.25, -0.2) is 4.68 Å². The molecule has 4 heterocycles. The zero-order valence-corrected chi connectivity index (χ0v) is 17.0. The average molecular weight is 414 g/mol. The van der Waals surface area contributed by atoms with E-state index in [-0.39, 0.29) is 18.4 Å². The molecule has 0 radical (unpaired) electrons. The zero-order chi connectivity index (χ0) is 20.0. The van der Waals surface area contributed by atoms with E-state index in [2.05, 4.69) is 15.5 Å². The Hall–Kier alpha value is -2.52. The molecule has 0 aromatic carbocycles. The van der Waals surface area contributed by atoms with Gasteiger partial charge in [0.05, 0.1) is 30.5 Å². The lowest BCUT2D eigenvalue weighted by atomic mass is 9.77. The second-order valence-corrected chi connectivity index (χ2v) is 8.91. The first-order valence-corrected chi connectivity index (χ1v) is 10.8. The van der Waals surface area contributed by atoms with Crippen molar-refractivity contribution in [1.82, 2.24) is 25.1 Å². The highest BCUT2D eigenvalue weighted by Gasteiger charge is 2.44. The first-order chi connectivity index (χ1) is 14.1. The van der Waals surface area contributed by atoms with Gasteiger partial charge in [0.15, 0.2) is 0 Å². The maximum atomic E-state index is 12.7. The molecule has 0 bridgehead atoms. The minimum absolute atomic E-state index is 0.0575. The highest BCUT2D eigenvalue weighted by atomic mass is 32.1. The standard InChI is InChI=1S/C20H23N5O3S/c1-12-4-16(28-22-12)7-20(27)24-8-14-5-18(19(26)6-15(14)9-24)25-10-17(21-23-25)13-2-3-29-11-13/h2-4,10-11,14-15,18-19,26H,5-9H2,1H3/t14-,15+,18-,19-/m1/s1. The molecule has 0 spiro atoms. The van der Waals surface area contributed by atoms with Crippen LogP contribution in [0.15, 0.2) is 33.6 Å². The first kappa shape index (κ1) is 18.5. The summed E-state index contributed by atoms with van der Waals surface area (Å²) in [4.78, 5) is 14.6. The lowest BCUT2D eigenvalue weighted by molar-refractivity contribution is -0.130. The van der Waals surface area contributed by atoms with Crippen LogP contribution < -0.4 is 0 Å². The van der Waals surface area contributed by atoms with Crippen LogP contribution >= 0.6 is 11.3 Å². The Morgan fingerprint density at radius 1 is 1.34 bits per heavy atom. The first-order valence-electron chi connectivity index (χ1n) is 9.89. The van der Waals surface area contributed by atoms with E-state index in [1.807, 2.05) is 34.8 Å². The number of amides is 1. The number of aliphatic hydroxyl groups is 1. The maximum Gasteiger partial charge on any atom is 0.230 e. The third-order valence-electron chi connectivity index (χ3n) is 6.13. The van der Waals surface area contributed by atoms with Crippen molar-refractivity contribution in [2.45, 2.75) is 38.3 Å². The summed E-state index contributed by atoms with van der Waals surface area (Å²) in [6.45, 7) is 3.25. The van der Waals surface area contributed by atoms with Crippen molar-refractivity contribution in [3.05, 3.63) is 40.5 Å². The summed E-state index contributed by atoms with van der Waals surface area (Å²) in [6, 6.07) is 3.71. The summed E-state index contributed by atoms with van der Waals surface area (Å²) in [7, 11) is 0. The molecule has 1 aliphatic heterocycles. The molecule has 1 N–H and O–H groups in total. The van der Waals surface area contributed by atoms with E-state index in [1.54, 1.807) is 22.1 Å². The van der Waals surface area contributed by atoms with Crippen molar-refractivity contribution in [2.75, 3.05) is 13.1 Å². The molecule has 2 fully saturated rings. The van der Waals surface area contributed by atoms with Crippen LogP contribution in [0.4, 0.5) is 0 Å². The third-order valence-corrected chi connectivity index (χ3v) is 6.81. The van der Waals surface area contributed by atoms with Gasteiger partial charge in [0.2, 0.25) is 5.91 Å². The molecule has 29 heavy (non-hydrogen) atoms. The zero-order valence-electron chi connectivity index (χ0n) is 16.1. The second kappa shape index (κ2) is 7.38. The molecule has 0 unspecified atom stereocenters. The van der Waals surface area contributed by atoms with Gasteiger partial charge in [-0.15, -0.1) is 5.10 Å². The van der Waals surface area contributed by atoms with Crippen LogP contribution in [0.1, 0.15) is 30.3 Å². The summed E-state index contributed by atoms with van der Waals surface area (Å²) >= 11 is 1.62. The van der Waals surface area contributed by atoms with Gasteiger partial charge in [0, 0.05) is 30.1 Å². The number of carbonyl (C=O) groups excluding carboxylic acids is 1. The van der Waals surface area contributed by atoms with Crippen molar-refractivity contribution in [2.24, 2.45) is 11.8 Å². The van der Waals surface area contributed by atoms with E-state index in [1.165, 1.54) is 0 Å². The van der Waals surface area contributed by atoms with E-state index in [9.17, 15) is 9.90 Å². The smallest absolute Gasteiger partial charge is 0.230 e. The Balaban J connectivity index is 1.26. The molecular formula is C20H23N5O3S. The molecule has 5 rings (SSSR count). The van der Waals surface area contributed by atoms with E-state index < -0.39 is 6.10 Å². The largest absolute Gasteiger partial charge is 0.391 e. The summed E-state index contributed by atoms with van der Waals surface area (Å²) in [5.74, 6) is 1.34. The molecule has 9 heteroatoms. The summed E-state index contributed by atoms with van der Waals surface area (Å²) in [5, 5.41) is 27.2. The van der Waals surface area contributed by atoms with Crippen molar-refractivity contribution in [3.8, 4) is 11.3 Å². The number of carbonyl (C=O) groups is 1. The van der Waals surface area contributed by atoms with Crippen molar-refractivity contribution in [3.63, 3.8) is 0 Å². The molecule has 4 atom stereocenters. The Kier molecular flexibility index (Phi) is 4.71. The highest BCUT2D eigenvalue weighted by molar-refractivity contribution is 7.08. The molecule has 152 valence electrons. The molecule has 1 aliphatic carbocycles. The number of aryl methyl sites for hydroxylation is 1. The molecule has 8 nitrogen and oxygen atoms in total. The molecule has 2 aliphatic rings. The molecule has 1 amide bonds. The number of hydrogen-bond donors (Lipinski definition) is 1. The molecular weight excluding hydrogens is 390 g/mol. The van der Waals surface area contributed by atoms with E-state index in [0.29, 0.717) is 37.1 Å². The van der Waals surface area contributed by atoms with Gasteiger partial charge in [-0.2, -0.15) is 11.3 Å². The third kappa shape index (κ3) is 3.60. The minimum atomic E-state index is -0.486. The van der Waals surface area contributed by atoms with Crippen LogP contribution in [0.3, 0.4) is 0 Å². The molecule has 3 aromatic heterocycles. The maximum absolute atomic E-state index is 12.7. The minimum Gasteiger partial charge on any atom is -0.391 e. The number of aliphatic hydroxyl groups excluding tert-OH is 1. The number of nitrogens with zero attached hydrogens (tertiary/aromatic N) is 5. The van der Waals surface area contributed by atoms with Crippen molar-refractivity contribution in [1.29, 1.82) is 0 Å². The van der Waals surface area contributed by atoms with Crippen LogP contribution in [0.25, 0.3) is 11.3 Å². The lowest BCUT2D eigenvalue weighted by Crippen LogP contribution is -2.36.